The topological polar surface area (TPSA) is 32.8 Å². The van der Waals surface area contributed by atoms with E-state index in [4.69, 9.17) is 4.74 Å². The second-order valence-corrected chi connectivity index (χ2v) is 5.50. The largest absolute Gasteiger partial charge is 0.487 e. The molecule has 0 aliphatic carbocycles. The molecule has 0 N–H and O–H groups in total. The van der Waals surface area contributed by atoms with E-state index in [2.05, 4.69) is 22.9 Å². The van der Waals surface area contributed by atoms with Gasteiger partial charge in [0, 0.05) is 32.6 Å². The quantitative estimate of drug-likeness (QED) is 0.771. The molecule has 0 bridgehead atoms. The number of hydrogen-bond acceptors (Lipinski definition) is 4. The van der Waals surface area contributed by atoms with Crippen LogP contribution in [0.4, 0.5) is 5.69 Å². The van der Waals surface area contributed by atoms with E-state index in [1.165, 1.54) is 0 Å². The summed E-state index contributed by atoms with van der Waals surface area (Å²) in [7, 11) is 2.14. The minimum Gasteiger partial charge on any atom is -0.487 e. The highest BCUT2D eigenvalue weighted by atomic mass is 16.5. The summed E-state index contributed by atoms with van der Waals surface area (Å²) in [4.78, 5) is 16.7. The molecule has 1 aromatic rings. The molecule has 19 heavy (non-hydrogen) atoms. The van der Waals surface area contributed by atoms with E-state index in [1.807, 2.05) is 19.1 Å². The lowest BCUT2D eigenvalue weighted by atomic mass is 10.00. The summed E-state index contributed by atoms with van der Waals surface area (Å²) in [6, 6.07) is 5.91. The lowest BCUT2D eigenvalue weighted by Gasteiger charge is -2.36. The first-order valence-electron chi connectivity index (χ1n) is 6.91. The summed E-state index contributed by atoms with van der Waals surface area (Å²) in [6.45, 7) is 6.03. The summed E-state index contributed by atoms with van der Waals surface area (Å²) >= 11 is 0. The smallest absolute Gasteiger partial charge is 0.170 e. The minimum atomic E-state index is -0.0198. The first-order valence-corrected chi connectivity index (χ1v) is 6.91. The Morgan fingerprint density at radius 1 is 1.21 bits per heavy atom. The van der Waals surface area contributed by atoms with E-state index in [9.17, 15) is 4.79 Å². The number of nitrogens with zero attached hydrogens (tertiary/aromatic N) is 2. The van der Waals surface area contributed by atoms with Gasteiger partial charge in [-0.15, -0.1) is 0 Å². The number of anilines is 1. The third-order valence-electron chi connectivity index (χ3n) is 3.93. The molecule has 3 rings (SSSR count). The van der Waals surface area contributed by atoms with Gasteiger partial charge in [0.05, 0.1) is 11.3 Å². The molecule has 2 aliphatic heterocycles. The normalized spacial score (nSPS) is 24.0. The van der Waals surface area contributed by atoms with Gasteiger partial charge in [0.1, 0.15) is 6.10 Å². The lowest BCUT2D eigenvalue weighted by molar-refractivity contribution is 0.0871. The van der Waals surface area contributed by atoms with Gasteiger partial charge in [0.15, 0.2) is 11.5 Å². The molecule has 102 valence electrons. The van der Waals surface area contributed by atoms with Gasteiger partial charge < -0.3 is 14.5 Å². The number of fused-ring (bicyclic) bond motifs is 1. The van der Waals surface area contributed by atoms with Crippen LogP contribution in [0.15, 0.2) is 18.2 Å². The number of benzene rings is 1. The van der Waals surface area contributed by atoms with E-state index < -0.39 is 0 Å². The predicted molar refractivity (Wildman–Crippen MR) is 75.2 cm³/mol. The average Bonchev–Trinajstić information content (AvgIpc) is 2.39. The molecular formula is C15H20N2O2. The first kappa shape index (κ1) is 12.5. The van der Waals surface area contributed by atoms with Gasteiger partial charge >= 0.3 is 0 Å². The van der Waals surface area contributed by atoms with Gasteiger partial charge in [-0.1, -0.05) is 6.07 Å². The highest BCUT2D eigenvalue weighted by molar-refractivity contribution is 6.01. The van der Waals surface area contributed by atoms with Crippen LogP contribution in [0.25, 0.3) is 0 Å². The molecule has 2 heterocycles. The summed E-state index contributed by atoms with van der Waals surface area (Å²) in [5.74, 6) is 0.987. The molecule has 0 spiro atoms. The Bertz CT molecular complexity index is 493. The van der Waals surface area contributed by atoms with Crippen LogP contribution in [0.1, 0.15) is 23.7 Å². The van der Waals surface area contributed by atoms with Crippen LogP contribution in [-0.4, -0.2) is 50.0 Å². The van der Waals surface area contributed by atoms with Crippen LogP contribution in [-0.2, 0) is 0 Å². The van der Waals surface area contributed by atoms with Crippen LogP contribution in [0.2, 0.25) is 0 Å². The molecule has 0 saturated carbocycles. The van der Waals surface area contributed by atoms with Gasteiger partial charge in [-0.3, -0.25) is 4.79 Å². The molecule has 1 saturated heterocycles. The zero-order chi connectivity index (χ0) is 13.4. The van der Waals surface area contributed by atoms with Crippen LogP contribution < -0.4 is 9.64 Å². The van der Waals surface area contributed by atoms with Gasteiger partial charge in [-0.2, -0.15) is 0 Å². The van der Waals surface area contributed by atoms with Crippen molar-refractivity contribution in [3.05, 3.63) is 23.8 Å². The highest BCUT2D eigenvalue weighted by Crippen LogP contribution is 2.37. The van der Waals surface area contributed by atoms with Crippen molar-refractivity contribution in [1.29, 1.82) is 0 Å². The van der Waals surface area contributed by atoms with Crippen molar-refractivity contribution < 1.29 is 9.53 Å². The number of carbonyl (C=O) groups is 1. The van der Waals surface area contributed by atoms with Crippen molar-refractivity contribution in [3.63, 3.8) is 0 Å². The molecular weight excluding hydrogens is 240 g/mol. The Labute approximate surface area is 113 Å². The SMILES string of the molecule is CC1CC(=O)c2cccc(N3CCN(C)CC3)c2O1. The van der Waals surface area contributed by atoms with Crippen molar-refractivity contribution in [3.8, 4) is 5.75 Å². The van der Waals surface area contributed by atoms with E-state index in [0.717, 1.165) is 43.2 Å². The third-order valence-corrected chi connectivity index (χ3v) is 3.93. The molecule has 1 atom stereocenters. The lowest BCUT2D eigenvalue weighted by Crippen LogP contribution is -2.45. The minimum absolute atomic E-state index is 0.0198. The standard InChI is InChI=1S/C15H20N2O2/c1-11-10-14(18)12-4-3-5-13(15(12)19-11)17-8-6-16(2)7-9-17/h3-5,11H,6-10H2,1-2H3. The maximum atomic E-state index is 12.1. The van der Waals surface area contributed by atoms with E-state index in [-0.39, 0.29) is 11.9 Å². The number of para-hydroxylation sites is 1. The number of carbonyl (C=O) groups excluding carboxylic acids is 1. The van der Waals surface area contributed by atoms with Gasteiger partial charge in [-0.25, -0.2) is 0 Å². The number of Topliss-reactive ketones (excluding diaryl/α,β-unsaturated/α-hetero) is 1. The zero-order valence-electron chi connectivity index (χ0n) is 11.6. The number of likely N-dealkylation sites (N-methyl/N-ethyl adjacent to an activating group) is 1. The third kappa shape index (κ3) is 2.32. The number of ether oxygens (including phenoxy) is 1. The van der Waals surface area contributed by atoms with Crippen molar-refractivity contribution in [2.24, 2.45) is 0 Å². The molecule has 1 unspecified atom stereocenters. The van der Waals surface area contributed by atoms with Crippen molar-refractivity contribution >= 4 is 11.5 Å². The zero-order valence-corrected chi connectivity index (χ0v) is 11.6. The first-order chi connectivity index (χ1) is 9.15. The maximum absolute atomic E-state index is 12.1. The Morgan fingerprint density at radius 2 is 1.95 bits per heavy atom. The number of piperazine rings is 1. The Hall–Kier alpha value is -1.55. The molecule has 2 aliphatic rings. The van der Waals surface area contributed by atoms with Gasteiger partial charge in [-0.05, 0) is 26.1 Å². The molecule has 4 nitrogen and oxygen atoms in total. The fraction of sp³-hybridized carbons (Fsp3) is 0.533. The van der Waals surface area contributed by atoms with Gasteiger partial charge in [0.2, 0.25) is 0 Å². The molecule has 0 amide bonds. The molecule has 1 aromatic carbocycles. The molecule has 1 fully saturated rings. The van der Waals surface area contributed by atoms with Crippen LogP contribution >= 0.6 is 0 Å². The summed E-state index contributed by atoms with van der Waals surface area (Å²) in [5.41, 5.74) is 1.82. The monoisotopic (exact) mass is 260 g/mol. The Balaban J connectivity index is 1.94. The molecule has 0 aromatic heterocycles. The van der Waals surface area contributed by atoms with Crippen molar-refractivity contribution in [2.45, 2.75) is 19.4 Å². The fourth-order valence-corrected chi connectivity index (χ4v) is 2.78. The van der Waals surface area contributed by atoms with E-state index in [0.29, 0.717) is 6.42 Å². The van der Waals surface area contributed by atoms with Crippen molar-refractivity contribution in [2.75, 3.05) is 38.1 Å². The average molecular weight is 260 g/mol. The van der Waals surface area contributed by atoms with E-state index >= 15 is 0 Å². The maximum Gasteiger partial charge on any atom is 0.170 e. The van der Waals surface area contributed by atoms with Crippen molar-refractivity contribution in [1.82, 2.24) is 4.90 Å². The van der Waals surface area contributed by atoms with Crippen LogP contribution in [0.3, 0.4) is 0 Å². The number of rotatable bonds is 1. The molecule has 4 heteroatoms. The number of hydrogen-bond donors (Lipinski definition) is 0. The number of ketones is 1. The van der Waals surface area contributed by atoms with Crippen LogP contribution in [0, 0.1) is 0 Å². The second kappa shape index (κ2) is 4.85. The Morgan fingerprint density at radius 3 is 2.68 bits per heavy atom. The predicted octanol–water partition coefficient (Wildman–Crippen LogP) is 1.79. The summed E-state index contributed by atoms with van der Waals surface area (Å²) in [5, 5.41) is 0. The highest BCUT2D eigenvalue weighted by Gasteiger charge is 2.28. The Kier molecular flexibility index (Phi) is 3.19. The van der Waals surface area contributed by atoms with Crippen LogP contribution in [0.5, 0.6) is 5.75 Å². The van der Waals surface area contributed by atoms with E-state index in [1.54, 1.807) is 0 Å². The summed E-state index contributed by atoms with van der Waals surface area (Å²) in [6.07, 6.45) is 0.466. The summed E-state index contributed by atoms with van der Waals surface area (Å²) < 4.78 is 5.94. The second-order valence-electron chi connectivity index (χ2n) is 5.50. The van der Waals surface area contributed by atoms with Gasteiger partial charge in [0.25, 0.3) is 0 Å². The fourth-order valence-electron chi connectivity index (χ4n) is 2.78. The molecule has 0 radical (unpaired) electrons.